The number of anilines is 1. The summed E-state index contributed by atoms with van der Waals surface area (Å²) >= 11 is 3.36. The molecule has 0 aliphatic heterocycles. The van der Waals surface area contributed by atoms with Crippen molar-refractivity contribution < 1.29 is 4.79 Å². The summed E-state index contributed by atoms with van der Waals surface area (Å²) in [4.78, 5) is 14.0. The molecule has 92 valence electrons. The summed E-state index contributed by atoms with van der Waals surface area (Å²) in [6.45, 7) is 2.00. The van der Waals surface area contributed by atoms with E-state index >= 15 is 0 Å². The van der Waals surface area contributed by atoms with Crippen LogP contribution < -0.4 is 4.90 Å². The third-order valence-electron chi connectivity index (χ3n) is 2.87. The molecule has 2 rings (SSSR count). The first-order valence-electron chi connectivity index (χ1n) is 5.69. The molecule has 1 amide bonds. The Labute approximate surface area is 115 Å². The second kappa shape index (κ2) is 5.36. The molecule has 0 saturated carbocycles. The zero-order valence-corrected chi connectivity index (χ0v) is 11.9. The van der Waals surface area contributed by atoms with Crippen LogP contribution in [0.2, 0.25) is 0 Å². The molecule has 2 aromatic carbocycles. The highest BCUT2D eigenvalue weighted by atomic mass is 79.9. The lowest BCUT2D eigenvalue weighted by Gasteiger charge is -2.19. The van der Waals surface area contributed by atoms with Gasteiger partial charge in [0.05, 0.1) is 0 Å². The Morgan fingerprint density at radius 2 is 1.67 bits per heavy atom. The third-order valence-corrected chi connectivity index (χ3v) is 3.40. The lowest BCUT2D eigenvalue weighted by atomic mass is 10.1. The van der Waals surface area contributed by atoms with Gasteiger partial charge in [0.1, 0.15) is 0 Å². The molecule has 0 atom stereocenters. The minimum atomic E-state index is -0.00296. The van der Waals surface area contributed by atoms with Crippen LogP contribution in [0.25, 0.3) is 0 Å². The molecule has 0 aliphatic carbocycles. The van der Waals surface area contributed by atoms with Crippen LogP contribution in [0.5, 0.6) is 0 Å². The fraction of sp³-hybridized carbons (Fsp3) is 0.133. The van der Waals surface area contributed by atoms with Gasteiger partial charge in [-0.1, -0.05) is 34.1 Å². The number of nitrogens with zero attached hydrogens (tertiary/aromatic N) is 1. The summed E-state index contributed by atoms with van der Waals surface area (Å²) in [6, 6.07) is 15.2. The van der Waals surface area contributed by atoms with Crippen molar-refractivity contribution in [3.05, 3.63) is 64.1 Å². The maximum atomic E-state index is 12.3. The van der Waals surface area contributed by atoms with Gasteiger partial charge in [0, 0.05) is 22.8 Å². The van der Waals surface area contributed by atoms with Crippen molar-refractivity contribution in [1.29, 1.82) is 0 Å². The van der Waals surface area contributed by atoms with Crippen LogP contribution in [0.15, 0.2) is 53.0 Å². The average molecular weight is 304 g/mol. The van der Waals surface area contributed by atoms with E-state index in [0.29, 0.717) is 5.56 Å². The Morgan fingerprint density at radius 1 is 1.06 bits per heavy atom. The van der Waals surface area contributed by atoms with Crippen LogP contribution in [0, 0.1) is 6.92 Å². The zero-order chi connectivity index (χ0) is 13.1. The van der Waals surface area contributed by atoms with E-state index in [1.807, 2.05) is 55.5 Å². The maximum Gasteiger partial charge on any atom is 0.258 e. The number of para-hydroxylation sites is 1. The van der Waals surface area contributed by atoms with Crippen molar-refractivity contribution in [3.63, 3.8) is 0 Å². The summed E-state index contributed by atoms with van der Waals surface area (Å²) in [5.41, 5.74) is 2.71. The lowest BCUT2D eigenvalue weighted by molar-refractivity contribution is 0.0993. The molecule has 2 aromatic rings. The number of hydrogen-bond acceptors (Lipinski definition) is 1. The second-order valence-electron chi connectivity index (χ2n) is 4.16. The third kappa shape index (κ3) is 2.62. The normalized spacial score (nSPS) is 10.2. The van der Waals surface area contributed by atoms with Crippen LogP contribution in [0.3, 0.4) is 0 Å². The van der Waals surface area contributed by atoms with Gasteiger partial charge in [-0.25, -0.2) is 0 Å². The van der Waals surface area contributed by atoms with Crippen LogP contribution in [-0.2, 0) is 0 Å². The number of halogens is 1. The first-order chi connectivity index (χ1) is 8.59. The predicted molar refractivity (Wildman–Crippen MR) is 78.1 cm³/mol. The maximum absolute atomic E-state index is 12.3. The van der Waals surface area contributed by atoms with E-state index in [4.69, 9.17) is 0 Å². The summed E-state index contributed by atoms with van der Waals surface area (Å²) < 4.78 is 0.970. The second-order valence-corrected chi connectivity index (χ2v) is 5.07. The van der Waals surface area contributed by atoms with Gasteiger partial charge in [-0.3, -0.25) is 4.79 Å². The number of amides is 1. The first-order valence-corrected chi connectivity index (χ1v) is 6.48. The van der Waals surface area contributed by atoms with Crippen molar-refractivity contribution in [1.82, 2.24) is 0 Å². The number of carbonyl (C=O) groups is 1. The zero-order valence-electron chi connectivity index (χ0n) is 10.4. The molecule has 0 spiro atoms. The van der Waals surface area contributed by atoms with Crippen molar-refractivity contribution in [2.45, 2.75) is 6.92 Å². The van der Waals surface area contributed by atoms with Gasteiger partial charge in [-0.2, -0.15) is 0 Å². The van der Waals surface area contributed by atoms with Gasteiger partial charge < -0.3 is 4.90 Å². The fourth-order valence-corrected chi connectivity index (χ4v) is 2.10. The predicted octanol–water partition coefficient (Wildman–Crippen LogP) is 4.03. The molecule has 0 bridgehead atoms. The molecule has 0 N–H and O–H groups in total. The highest BCUT2D eigenvalue weighted by Crippen LogP contribution is 2.20. The fourth-order valence-electron chi connectivity index (χ4n) is 1.84. The highest BCUT2D eigenvalue weighted by molar-refractivity contribution is 9.10. The number of aryl methyl sites for hydroxylation is 1. The summed E-state index contributed by atoms with van der Waals surface area (Å²) in [5, 5.41) is 0. The SMILES string of the molecule is Cc1ccccc1N(C)C(=O)c1ccc(Br)cc1. The Hall–Kier alpha value is -1.61. The van der Waals surface area contributed by atoms with E-state index in [9.17, 15) is 4.79 Å². The topological polar surface area (TPSA) is 20.3 Å². The van der Waals surface area contributed by atoms with E-state index in [2.05, 4.69) is 15.9 Å². The molecule has 3 heteroatoms. The van der Waals surface area contributed by atoms with E-state index < -0.39 is 0 Å². The standard InChI is InChI=1S/C15H14BrNO/c1-11-5-3-4-6-14(11)17(2)15(18)12-7-9-13(16)10-8-12/h3-10H,1-2H3. The van der Waals surface area contributed by atoms with Crippen LogP contribution in [0.1, 0.15) is 15.9 Å². The Kier molecular flexibility index (Phi) is 3.82. The molecule has 2 nitrogen and oxygen atoms in total. The molecule has 0 unspecified atom stereocenters. The van der Waals surface area contributed by atoms with Crippen LogP contribution >= 0.6 is 15.9 Å². The molecular weight excluding hydrogens is 290 g/mol. The number of rotatable bonds is 2. The molecule has 0 aromatic heterocycles. The van der Waals surface area contributed by atoms with Crippen molar-refractivity contribution in [2.75, 3.05) is 11.9 Å². The smallest absolute Gasteiger partial charge is 0.258 e. The number of carbonyl (C=O) groups excluding carboxylic acids is 1. The molecule has 0 radical (unpaired) electrons. The Balaban J connectivity index is 2.29. The minimum Gasteiger partial charge on any atom is -0.311 e. The molecule has 0 fully saturated rings. The van der Waals surface area contributed by atoms with Crippen molar-refractivity contribution >= 4 is 27.5 Å². The average Bonchev–Trinajstić information content (AvgIpc) is 2.38. The van der Waals surface area contributed by atoms with E-state index in [0.717, 1.165) is 15.7 Å². The van der Waals surface area contributed by atoms with Gasteiger partial charge in [-0.05, 0) is 42.8 Å². The lowest BCUT2D eigenvalue weighted by Crippen LogP contribution is -2.26. The summed E-state index contributed by atoms with van der Waals surface area (Å²) in [7, 11) is 1.80. The van der Waals surface area contributed by atoms with Gasteiger partial charge in [0.15, 0.2) is 0 Å². The molecule has 18 heavy (non-hydrogen) atoms. The van der Waals surface area contributed by atoms with E-state index in [1.54, 1.807) is 11.9 Å². The quantitative estimate of drug-likeness (QED) is 0.820. The summed E-state index contributed by atoms with van der Waals surface area (Å²) in [6.07, 6.45) is 0. The molecule has 0 aliphatic rings. The van der Waals surface area contributed by atoms with Gasteiger partial charge >= 0.3 is 0 Å². The van der Waals surface area contributed by atoms with Gasteiger partial charge in [0.25, 0.3) is 5.91 Å². The van der Waals surface area contributed by atoms with Gasteiger partial charge in [0.2, 0.25) is 0 Å². The van der Waals surface area contributed by atoms with Crippen molar-refractivity contribution in [3.8, 4) is 0 Å². The highest BCUT2D eigenvalue weighted by Gasteiger charge is 2.14. The van der Waals surface area contributed by atoms with Crippen LogP contribution in [0.4, 0.5) is 5.69 Å². The number of hydrogen-bond donors (Lipinski definition) is 0. The molecular formula is C15H14BrNO. The summed E-state index contributed by atoms with van der Waals surface area (Å²) in [5.74, 6) is -0.00296. The van der Waals surface area contributed by atoms with Crippen molar-refractivity contribution in [2.24, 2.45) is 0 Å². The monoisotopic (exact) mass is 303 g/mol. The minimum absolute atomic E-state index is 0.00296. The van der Waals surface area contributed by atoms with Crippen LogP contribution in [-0.4, -0.2) is 13.0 Å². The van der Waals surface area contributed by atoms with Gasteiger partial charge in [-0.15, -0.1) is 0 Å². The first kappa shape index (κ1) is 12.8. The molecule has 0 heterocycles. The largest absolute Gasteiger partial charge is 0.311 e. The molecule has 0 saturated heterocycles. The van der Waals surface area contributed by atoms with E-state index in [1.165, 1.54) is 0 Å². The number of benzene rings is 2. The van der Waals surface area contributed by atoms with E-state index in [-0.39, 0.29) is 5.91 Å². The Bertz CT molecular complexity index is 563. The Morgan fingerprint density at radius 3 is 2.28 bits per heavy atom.